The number of unbranched alkanes of at least 4 members (excludes halogenated alkanes) is 3. The number of benzene rings is 3. The van der Waals surface area contributed by atoms with E-state index in [1.54, 1.807) is 54.6 Å². The van der Waals surface area contributed by atoms with Crippen molar-refractivity contribution in [3.8, 4) is 0 Å². The fourth-order valence-electron chi connectivity index (χ4n) is 4.47. The molecule has 5 heteroatoms. The largest absolute Gasteiger partial charge is 0.333 e. The molecule has 0 aliphatic heterocycles. The third kappa shape index (κ3) is 7.23. The first-order chi connectivity index (χ1) is 15.6. The number of rotatable bonds is 8. The molecule has 0 N–H and O–H groups in total. The molecule has 3 aromatic rings. The summed E-state index contributed by atoms with van der Waals surface area (Å²) in [6, 6.07) is 19.2. The van der Waals surface area contributed by atoms with Crippen molar-refractivity contribution in [2.24, 2.45) is 0 Å². The predicted molar refractivity (Wildman–Crippen MR) is 137 cm³/mol. The van der Waals surface area contributed by atoms with Gasteiger partial charge in [0.15, 0.2) is 0 Å². The van der Waals surface area contributed by atoms with Crippen molar-refractivity contribution in [2.45, 2.75) is 38.9 Å². The first-order valence-electron chi connectivity index (χ1n) is 11.8. The normalized spacial score (nSPS) is 11.6. The SMILES string of the molecule is CCCCCC[B-](c1ccccc1F)(c1ccccc1F)c1ccccc1F.C[N+](C)(C)C. The summed E-state index contributed by atoms with van der Waals surface area (Å²) in [7, 11) is 8.50. The fraction of sp³-hybridized carbons (Fsp3) is 0.357. The molecule has 0 radical (unpaired) electrons. The van der Waals surface area contributed by atoms with Gasteiger partial charge in [0.25, 0.3) is 0 Å². The molecule has 0 saturated carbocycles. The molecule has 3 rings (SSSR count). The van der Waals surface area contributed by atoms with Crippen LogP contribution in [0.1, 0.15) is 32.6 Å². The molecule has 0 aliphatic carbocycles. The van der Waals surface area contributed by atoms with Gasteiger partial charge in [-0.1, -0.05) is 87.2 Å². The highest BCUT2D eigenvalue weighted by atomic mass is 19.1. The van der Waals surface area contributed by atoms with Crippen LogP contribution in [-0.2, 0) is 0 Å². The summed E-state index contributed by atoms with van der Waals surface area (Å²) in [5.74, 6) is -1.28. The molecule has 0 aliphatic rings. The predicted octanol–water partition coefficient (Wildman–Crippen LogP) is 5.48. The second-order valence-electron chi connectivity index (χ2n) is 10.1. The van der Waals surface area contributed by atoms with Gasteiger partial charge in [-0.15, -0.1) is 0 Å². The lowest BCUT2D eigenvalue weighted by atomic mass is 9.13. The smallest absolute Gasteiger partial charge is 0.0922 e. The van der Waals surface area contributed by atoms with Crippen molar-refractivity contribution in [3.05, 3.63) is 90.2 Å². The average molecular weight is 455 g/mol. The summed E-state index contributed by atoms with van der Waals surface area (Å²) in [5.41, 5.74) is 1.11. The third-order valence-corrected chi connectivity index (χ3v) is 5.80. The van der Waals surface area contributed by atoms with E-state index in [9.17, 15) is 0 Å². The summed E-state index contributed by atoms with van der Waals surface area (Å²) in [5, 5.41) is 0. The zero-order valence-electron chi connectivity index (χ0n) is 20.6. The van der Waals surface area contributed by atoms with Gasteiger partial charge >= 0.3 is 0 Å². The van der Waals surface area contributed by atoms with Crippen LogP contribution in [0.3, 0.4) is 0 Å². The van der Waals surface area contributed by atoms with E-state index < -0.39 is 23.6 Å². The minimum atomic E-state index is -2.13. The van der Waals surface area contributed by atoms with Crippen LogP contribution in [0.25, 0.3) is 0 Å². The summed E-state index contributed by atoms with van der Waals surface area (Å²) in [6.45, 7) is 2.11. The van der Waals surface area contributed by atoms with Gasteiger partial charge in [-0.25, -0.2) is 13.2 Å². The molecule has 33 heavy (non-hydrogen) atoms. The van der Waals surface area contributed by atoms with Crippen molar-refractivity contribution in [1.29, 1.82) is 0 Å². The molecule has 0 heterocycles. The highest BCUT2D eigenvalue weighted by Gasteiger charge is 2.35. The lowest BCUT2D eigenvalue weighted by Crippen LogP contribution is -2.69. The Hall–Kier alpha value is -2.53. The highest BCUT2D eigenvalue weighted by molar-refractivity contribution is 7.11. The maximum atomic E-state index is 15.1. The van der Waals surface area contributed by atoms with Crippen LogP contribution >= 0.6 is 0 Å². The molecule has 0 aromatic heterocycles. The van der Waals surface area contributed by atoms with Crippen molar-refractivity contribution in [1.82, 2.24) is 0 Å². The number of nitrogens with zero attached hydrogens (tertiary/aromatic N) is 1. The van der Waals surface area contributed by atoms with E-state index >= 15 is 13.2 Å². The van der Waals surface area contributed by atoms with Gasteiger partial charge in [0, 0.05) is 0 Å². The van der Waals surface area contributed by atoms with Crippen molar-refractivity contribution < 1.29 is 17.7 Å². The minimum Gasteiger partial charge on any atom is -0.333 e. The Balaban J connectivity index is 0.000000696. The van der Waals surface area contributed by atoms with Crippen LogP contribution in [0.5, 0.6) is 0 Å². The fourth-order valence-corrected chi connectivity index (χ4v) is 4.47. The van der Waals surface area contributed by atoms with Crippen molar-refractivity contribution in [2.75, 3.05) is 28.2 Å². The topological polar surface area (TPSA) is 0 Å². The number of quaternary nitrogens is 1. The van der Waals surface area contributed by atoms with Crippen LogP contribution < -0.4 is 16.4 Å². The molecule has 0 bridgehead atoms. The van der Waals surface area contributed by atoms with Crippen LogP contribution in [0.4, 0.5) is 13.2 Å². The molecule has 0 unspecified atom stereocenters. The van der Waals surface area contributed by atoms with E-state index in [0.717, 1.165) is 30.2 Å². The van der Waals surface area contributed by atoms with E-state index in [2.05, 4.69) is 35.1 Å². The molecule has 0 saturated heterocycles. The van der Waals surface area contributed by atoms with Gasteiger partial charge in [-0.2, -0.15) is 22.7 Å². The van der Waals surface area contributed by atoms with E-state index in [0.29, 0.717) is 22.7 Å². The van der Waals surface area contributed by atoms with Gasteiger partial charge < -0.3 is 4.48 Å². The lowest BCUT2D eigenvalue weighted by Gasteiger charge is -2.43. The van der Waals surface area contributed by atoms with Crippen LogP contribution in [0.2, 0.25) is 6.32 Å². The first-order valence-corrected chi connectivity index (χ1v) is 11.8. The van der Waals surface area contributed by atoms with Gasteiger partial charge in [0.05, 0.1) is 51.8 Å². The van der Waals surface area contributed by atoms with Gasteiger partial charge in [0.2, 0.25) is 0 Å². The summed E-state index contributed by atoms with van der Waals surface area (Å²) < 4.78 is 46.2. The monoisotopic (exact) mass is 455 g/mol. The molecular formula is C28H37BF3N. The number of hydrogen-bond acceptors (Lipinski definition) is 0. The van der Waals surface area contributed by atoms with Crippen LogP contribution in [0, 0.1) is 17.5 Å². The molecular weight excluding hydrogens is 418 g/mol. The second-order valence-corrected chi connectivity index (χ2v) is 10.1. The molecule has 0 amide bonds. The third-order valence-electron chi connectivity index (χ3n) is 5.80. The van der Waals surface area contributed by atoms with Gasteiger partial charge in [-0.05, 0) is 18.2 Å². The van der Waals surface area contributed by atoms with Crippen LogP contribution in [0.15, 0.2) is 72.8 Å². The van der Waals surface area contributed by atoms with Crippen LogP contribution in [-0.4, -0.2) is 38.8 Å². The Bertz CT molecular complexity index is 897. The molecule has 0 fully saturated rings. The Labute approximate surface area is 197 Å². The maximum Gasteiger partial charge on any atom is 0.0922 e. The van der Waals surface area contributed by atoms with Crippen molar-refractivity contribution >= 4 is 22.5 Å². The van der Waals surface area contributed by atoms with E-state index in [1.165, 1.54) is 18.2 Å². The standard InChI is InChI=1S/C24H25BF3.C4H12N/c1-2-3-4-11-18-25(19-12-5-8-15-22(19)26,20-13-6-9-16-23(20)27)21-14-7-10-17-24(21)28;1-5(2,3)4/h5-10,12-17H,2-4,11,18H2,1H3;1-4H3/q-1;+1. The second kappa shape index (κ2) is 12.1. The highest BCUT2D eigenvalue weighted by Crippen LogP contribution is 2.21. The van der Waals surface area contributed by atoms with Gasteiger partial charge in [-0.3, -0.25) is 0 Å². The lowest BCUT2D eigenvalue weighted by molar-refractivity contribution is -0.849. The van der Waals surface area contributed by atoms with E-state index in [-0.39, 0.29) is 0 Å². The Kier molecular flexibility index (Phi) is 9.78. The Morgan fingerprint density at radius 2 is 0.909 bits per heavy atom. The Morgan fingerprint density at radius 1 is 0.576 bits per heavy atom. The molecule has 178 valence electrons. The van der Waals surface area contributed by atoms with Gasteiger partial charge in [0.1, 0.15) is 0 Å². The van der Waals surface area contributed by atoms with E-state index in [1.807, 2.05) is 0 Å². The number of halogens is 3. The van der Waals surface area contributed by atoms with Crippen molar-refractivity contribution in [3.63, 3.8) is 0 Å². The zero-order valence-corrected chi connectivity index (χ0v) is 20.6. The average Bonchev–Trinajstić information content (AvgIpc) is 2.75. The molecule has 1 nitrogen and oxygen atoms in total. The molecule has 0 spiro atoms. The minimum absolute atomic E-state index is 0.370. The summed E-state index contributed by atoms with van der Waals surface area (Å²) >= 11 is 0. The zero-order chi connectivity index (χ0) is 24.5. The quantitative estimate of drug-likeness (QED) is 0.240. The first kappa shape index (κ1) is 26.7. The maximum absolute atomic E-state index is 15.1. The van der Waals surface area contributed by atoms with E-state index in [4.69, 9.17) is 0 Å². The Morgan fingerprint density at radius 3 is 1.21 bits per heavy atom. The molecule has 3 aromatic carbocycles. The molecule has 0 atom stereocenters. The number of hydrogen-bond donors (Lipinski definition) is 0. The summed E-state index contributed by atoms with van der Waals surface area (Å²) in [4.78, 5) is 0. The summed E-state index contributed by atoms with van der Waals surface area (Å²) in [6.07, 6.45) is 2.16.